The fourth-order valence-corrected chi connectivity index (χ4v) is 3.63. The van der Waals surface area contributed by atoms with E-state index in [1.807, 2.05) is 0 Å². The Morgan fingerprint density at radius 3 is 2.06 bits per heavy atom. The molecule has 0 atom stereocenters. The molecule has 0 amide bonds. The van der Waals surface area contributed by atoms with Crippen molar-refractivity contribution in [3.63, 3.8) is 0 Å². The number of nitrogens with zero attached hydrogens (tertiary/aromatic N) is 4. The molecule has 0 unspecified atom stereocenters. The van der Waals surface area contributed by atoms with Gasteiger partial charge in [-0.05, 0) is 48.4 Å². The summed E-state index contributed by atoms with van der Waals surface area (Å²) in [5.41, 5.74) is 1.78. The van der Waals surface area contributed by atoms with Crippen LogP contribution >= 0.6 is 10.2 Å². The standard InChI is InChI=1S/C21H19F5N4O3S/c22-34(23,24,25,26)18-8-6-17(7-9-18)30-29-16-4-2-15(3-5-16)13-33-20-19(12-27-14-28-20)21-31-10-1-11-32-21/h2-9,12,14,21H,1,10-11,13H2. The minimum atomic E-state index is -9.71. The zero-order valence-corrected chi connectivity index (χ0v) is 18.3. The summed E-state index contributed by atoms with van der Waals surface area (Å²) < 4.78 is 80.8. The second kappa shape index (κ2) is 8.56. The predicted molar refractivity (Wildman–Crippen MR) is 114 cm³/mol. The molecule has 1 aromatic heterocycles. The van der Waals surface area contributed by atoms with Gasteiger partial charge in [0.25, 0.3) is 0 Å². The van der Waals surface area contributed by atoms with E-state index in [0.717, 1.165) is 24.1 Å². The van der Waals surface area contributed by atoms with Crippen LogP contribution in [-0.4, -0.2) is 23.2 Å². The number of azo groups is 1. The maximum absolute atomic E-state index is 12.8. The summed E-state index contributed by atoms with van der Waals surface area (Å²) in [5, 5.41) is 7.69. The number of hydrogen-bond acceptors (Lipinski definition) is 7. The van der Waals surface area contributed by atoms with Crippen LogP contribution in [-0.2, 0) is 16.1 Å². The van der Waals surface area contributed by atoms with Crippen molar-refractivity contribution in [3.8, 4) is 5.88 Å². The molecule has 0 saturated carbocycles. The minimum Gasteiger partial charge on any atom is -0.472 e. The second-order valence-corrected chi connectivity index (χ2v) is 9.74. The molecule has 1 aliphatic rings. The summed E-state index contributed by atoms with van der Waals surface area (Å²) in [6.07, 6.45) is 3.14. The molecule has 182 valence electrons. The molecule has 2 heterocycles. The van der Waals surface area contributed by atoms with Crippen LogP contribution in [0.2, 0.25) is 0 Å². The first-order chi connectivity index (χ1) is 16.0. The molecule has 1 fully saturated rings. The number of benzene rings is 2. The van der Waals surface area contributed by atoms with Crippen LogP contribution in [0.3, 0.4) is 0 Å². The molecular formula is C21H19F5N4O3S. The average molecular weight is 502 g/mol. The summed E-state index contributed by atoms with van der Waals surface area (Å²) in [5.74, 6) is 0.334. The SMILES string of the molecule is FS(F)(F)(F)(F)c1ccc(N=Nc2ccc(COc3ncncc3C3OCCCO3)cc2)cc1. The third kappa shape index (κ3) is 6.24. The highest BCUT2D eigenvalue weighted by atomic mass is 32.5. The Labute approximate surface area is 191 Å². The number of ether oxygens (including phenoxy) is 3. The van der Waals surface area contributed by atoms with Crippen molar-refractivity contribution in [1.29, 1.82) is 0 Å². The fraction of sp³-hybridized carbons (Fsp3) is 0.238. The monoisotopic (exact) mass is 502 g/mol. The van der Waals surface area contributed by atoms with E-state index in [1.165, 1.54) is 6.33 Å². The number of hydrogen-bond donors (Lipinski definition) is 0. The van der Waals surface area contributed by atoms with E-state index in [-0.39, 0.29) is 12.3 Å². The second-order valence-electron chi connectivity index (χ2n) is 7.33. The summed E-state index contributed by atoms with van der Waals surface area (Å²) in [6, 6.07) is 8.94. The van der Waals surface area contributed by atoms with Gasteiger partial charge in [0, 0.05) is 6.20 Å². The van der Waals surface area contributed by atoms with Crippen LogP contribution in [0.4, 0.5) is 30.8 Å². The molecule has 4 rings (SSSR count). The Bertz CT molecular complexity index is 1170. The average Bonchev–Trinajstić information content (AvgIpc) is 2.82. The Morgan fingerprint density at radius 1 is 0.882 bits per heavy atom. The van der Waals surface area contributed by atoms with Gasteiger partial charge >= 0.3 is 10.2 Å². The minimum absolute atomic E-state index is 0.00134. The van der Waals surface area contributed by atoms with Gasteiger partial charge in [-0.25, -0.2) is 9.97 Å². The molecule has 3 aromatic rings. The topological polar surface area (TPSA) is 78.2 Å². The zero-order chi connectivity index (χ0) is 24.3. The van der Waals surface area contributed by atoms with Crippen molar-refractivity contribution in [2.24, 2.45) is 10.2 Å². The van der Waals surface area contributed by atoms with Gasteiger partial charge in [0.1, 0.15) is 17.8 Å². The molecule has 0 bridgehead atoms. The highest BCUT2D eigenvalue weighted by Gasteiger charge is 2.65. The number of halogens is 5. The highest BCUT2D eigenvalue weighted by molar-refractivity contribution is 8.45. The predicted octanol–water partition coefficient (Wildman–Crippen LogP) is 7.56. The molecule has 1 aliphatic heterocycles. The van der Waals surface area contributed by atoms with E-state index >= 15 is 0 Å². The number of aromatic nitrogens is 2. The first kappa shape index (κ1) is 24.0. The lowest BCUT2D eigenvalue weighted by atomic mass is 10.2. The molecular weight excluding hydrogens is 483 g/mol. The third-order valence-electron chi connectivity index (χ3n) is 4.66. The van der Waals surface area contributed by atoms with Crippen LogP contribution in [0.5, 0.6) is 5.88 Å². The molecule has 0 N–H and O–H groups in total. The van der Waals surface area contributed by atoms with Crippen LogP contribution < -0.4 is 4.74 Å². The highest BCUT2D eigenvalue weighted by Crippen LogP contribution is 3.02. The summed E-state index contributed by atoms with van der Waals surface area (Å²) in [6.45, 7) is 1.31. The zero-order valence-electron chi connectivity index (χ0n) is 17.5. The summed E-state index contributed by atoms with van der Waals surface area (Å²) >= 11 is 0. The largest absolute Gasteiger partial charge is 0.472 e. The van der Waals surface area contributed by atoms with E-state index in [0.29, 0.717) is 42.5 Å². The van der Waals surface area contributed by atoms with Gasteiger partial charge in [0.2, 0.25) is 5.88 Å². The lowest BCUT2D eigenvalue weighted by molar-refractivity contribution is -0.184. The summed E-state index contributed by atoms with van der Waals surface area (Å²) in [4.78, 5) is 6.15. The quantitative estimate of drug-likeness (QED) is 0.246. The summed E-state index contributed by atoms with van der Waals surface area (Å²) in [7, 11) is -9.71. The Kier molecular flexibility index (Phi) is 6.04. The fourth-order valence-electron chi connectivity index (χ4n) is 2.97. The van der Waals surface area contributed by atoms with Gasteiger partial charge in [-0.15, -0.1) is 0 Å². The van der Waals surface area contributed by atoms with Crippen LogP contribution in [0.1, 0.15) is 23.8 Å². The van der Waals surface area contributed by atoms with Crippen molar-refractivity contribution >= 4 is 21.6 Å². The Balaban J connectivity index is 1.38. The van der Waals surface area contributed by atoms with Crippen molar-refractivity contribution in [1.82, 2.24) is 9.97 Å². The molecule has 0 spiro atoms. The molecule has 0 aliphatic carbocycles. The van der Waals surface area contributed by atoms with E-state index in [4.69, 9.17) is 14.2 Å². The van der Waals surface area contributed by atoms with Gasteiger partial charge in [0.05, 0.1) is 30.2 Å². The Morgan fingerprint density at radius 2 is 1.47 bits per heavy atom. The van der Waals surface area contributed by atoms with E-state index in [1.54, 1.807) is 30.5 Å². The van der Waals surface area contributed by atoms with Gasteiger partial charge < -0.3 is 14.2 Å². The normalized spacial score (nSPS) is 17.3. The molecule has 0 radical (unpaired) electrons. The molecule has 7 nitrogen and oxygen atoms in total. The Hall–Kier alpha value is -3.16. The van der Waals surface area contributed by atoms with Gasteiger partial charge in [-0.3, -0.25) is 0 Å². The molecule has 13 heteroatoms. The number of rotatable bonds is 7. The van der Waals surface area contributed by atoms with Gasteiger partial charge in [0.15, 0.2) is 6.29 Å². The lowest BCUT2D eigenvalue weighted by Crippen LogP contribution is -2.19. The molecule has 1 saturated heterocycles. The van der Waals surface area contributed by atoms with Crippen LogP contribution in [0.25, 0.3) is 0 Å². The molecule has 2 aromatic carbocycles. The van der Waals surface area contributed by atoms with Crippen LogP contribution in [0.15, 0.2) is 76.2 Å². The lowest BCUT2D eigenvalue weighted by Gasteiger charge is -2.40. The van der Waals surface area contributed by atoms with Gasteiger partial charge in [-0.2, -0.15) is 10.2 Å². The molecule has 34 heavy (non-hydrogen) atoms. The van der Waals surface area contributed by atoms with Crippen LogP contribution in [0, 0.1) is 0 Å². The van der Waals surface area contributed by atoms with E-state index < -0.39 is 21.4 Å². The van der Waals surface area contributed by atoms with Crippen molar-refractivity contribution in [3.05, 3.63) is 72.2 Å². The maximum atomic E-state index is 12.8. The third-order valence-corrected chi connectivity index (χ3v) is 5.82. The van der Waals surface area contributed by atoms with E-state index in [9.17, 15) is 19.4 Å². The maximum Gasteiger partial charge on any atom is 0.310 e. The van der Waals surface area contributed by atoms with Crippen molar-refractivity contribution < 1.29 is 33.6 Å². The first-order valence-electron chi connectivity index (χ1n) is 9.99. The van der Waals surface area contributed by atoms with Gasteiger partial charge in [-0.1, -0.05) is 31.6 Å². The van der Waals surface area contributed by atoms with Crippen molar-refractivity contribution in [2.45, 2.75) is 24.2 Å². The smallest absolute Gasteiger partial charge is 0.310 e. The van der Waals surface area contributed by atoms with Crippen molar-refractivity contribution in [2.75, 3.05) is 13.2 Å². The van der Waals surface area contributed by atoms with E-state index in [2.05, 4.69) is 20.2 Å². The first-order valence-corrected chi connectivity index (χ1v) is 11.9.